The lowest BCUT2D eigenvalue weighted by Gasteiger charge is -2.39. The zero-order chi connectivity index (χ0) is 26.4. The van der Waals surface area contributed by atoms with Gasteiger partial charge in [-0.05, 0) is 85.2 Å². The van der Waals surface area contributed by atoms with Gasteiger partial charge in [0.05, 0.1) is 31.8 Å². The summed E-state index contributed by atoms with van der Waals surface area (Å²) in [5.41, 5.74) is 2.99. The van der Waals surface area contributed by atoms with Crippen LogP contribution in [0.25, 0.3) is 0 Å². The average molecular weight is 524 g/mol. The Labute approximate surface area is 221 Å². The quantitative estimate of drug-likeness (QED) is 0.225. The lowest BCUT2D eigenvalue weighted by atomic mass is 9.92. The van der Waals surface area contributed by atoms with Crippen molar-refractivity contribution >= 4 is 28.7 Å². The molecule has 1 aliphatic heterocycles. The second-order valence-corrected chi connectivity index (χ2v) is 8.70. The first kappa shape index (κ1) is 26.0. The highest BCUT2D eigenvalue weighted by molar-refractivity contribution is 7.80. The highest BCUT2D eigenvalue weighted by Crippen LogP contribution is 2.39. The first-order valence-corrected chi connectivity index (χ1v) is 12.3. The minimum Gasteiger partial charge on any atom is -0.494 e. The van der Waals surface area contributed by atoms with E-state index < -0.39 is 4.92 Å². The second-order valence-electron chi connectivity index (χ2n) is 8.31. The molecular weight excluding hydrogens is 494 g/mol. The molecule has 0 aromatic heterocycles. The standard InChI is InChI=1S/C27H29N3O6S/c1-4-35-21-9-5-19(6-10-21)28-27(37)29-14-13-18-15-25(33-2)26(34-3)16-23(18)24(29)17-36-22-11-7-20(8-12-22)30(31)32/h5-12,15-16,24H,4,13-14,17H2,1-3H3,(H,28,37). The number of non-ortho nitro benzene ring substituents is 1. The second kappa shape index (κ2) is 11.8. The highest BCUT2D eigenvalue weighted by atomic mass is 32.1. The fourth-order valence-corrected chi connectivity index (χ4v) is 4.62. The van der Waals surface area contributed by atoms with Crippen molar-refractivity contribution in [1.82, 2.24) is 4.90 Å². The van der Waals surface area contributed by atoms with Crippen LogP contribution in [0.15, 0.2) is 60.7 Å². The molecule has 0 spiro atoms. The first-order chi connectivity index (χ1) is 17.9. The van der Waals surface area contributed by atoms with Gasteiger partial charge in [-0.1, -0.05) is 0 Å². The van der Waals surface area contributed by atoms with E-state index in [1.807, 2.05) is 43.3 Å². The molecule has 37 heavy (non-hydrogen) atoms. The first-order valence-electron chi connectivity index (χ1n) is 11.9. The summed E-state index contributed by atoms with van der Waals surface area (Å²) in [7, 11) is 3.22. The van der Waals surface area contributed by atoms with Crippen molar-refractivity contribution in [2.75, 3.05) is 39.3 Å². The van der Waals surface area contributed by atoms with E-state index in [0.29, 0.717) is 35.5 Å². The number of nitrogens with one attached hydrogen (secondary N) is 1. The number of anilines is 1. The number of hydrogen-bond acceptors (Lipinski definition) is 7. The van der Waals surface area contributed by atoms with Gasteiger partial charge in [0.15, 0.2) is 16.6 Å². The third-order valence-electron chi connectivity index (χ3n) is 6.14. The zero-order valence-corrected chi connectivity index (χ0v) is 21.7. The van der Waals surface area contributed by atoms with Crippen LogP contribution in [0.4, 0.5) is 11.4 Å². The van der Waals surface area contributed by atoms with Gasteiger partial charge in [-0.3, -0.25) is 10.1 Å². The summed E-state index contributed by atoms with van der Waals surface area (Å²) in [5.74, 6) is 2.61. The van der Waals surface area contributed by atoms with Crippen LogP contribution >= 0.6 is 12.2 Å². The van der Waals surface area contributed by atoms with E-state index in [0.717, 1.165) is 29.0 Å². The third kappa shape index (κ3) is 6.03. The van der Waals surface area contributed by atoms with E-state index in [4.69, 9.17) is 31.2 Å². The number of nitrogens with zero attached hydrogens (tertiary/aromatic N) is 2. The Kier molecular flexibility index (Phi) is 8.29. The van der Waals surface area contributed by atoms with Gasteiger partial charge < -0.3 is 29.2 Å². The van der Waals surface area contributed by atoms with E-state index in [1.54, 1.807) is 26.4 Å². The van der Waals surface area contributed by atoms with Crippen LogP contribution in [0.1, 0.15) is 24.1 Å². The van der Waals surface area contributed by atoms with Crippen LogP contribution in [-0.2, 0) is 6.42 Å². The van der Waals surface area contributed by atoms with Crippen LogP contribution in [0.5, 0.6) is 23.0 Å². The maximum absolute atomic E-state index is 11.0. The maximum Gasteiger partial charge on any atom is 0.269 e. The molecule has 0 saturated heterocycles. The summed E-state index contributed by atoms with van der Waals surface area (Å²) in [6, 6.07) is 17.4. The van der Waals surface area contributed by atoms with Crippen molar-refractivity contribution in [2.45, 2.75) is 19.4 Å². The monoisotopic (exact) mass is 523 g/mol. The highest BCUT2D eigenvalue weighted by Gasteiger charge is 2.31. The topological polar surface area (TPSA) is 95.3 Å². The van der Waals surface area contributed by atoms with E-state index in [2.05, 4.69) is 10.2 Å². The molecule has 3 aromatic rings. The Balaban J connectivity index is 1.59. The number of fused-ring (bicyclic) bond motifs is 1. The lowest BCUT2D eigenvalue weighted by molar-refractivity contribution is -0.384. The SMILES string of the molecule is CCOc1ccc(NC(=S)N2CCc3cc(OC)c(OC)cc3C2COc2ccc([N+](=O)[O-])cc2)cc1. The molecule has 1 aliphatic rings. The molecule has 10 heteroatoms. The molecule has 0 amide bonds. The van der Waals surface area contributed by atoms with Gasteiger partial charge in [0.2, 0.25) is 0 Å². The Bertz CT molecular complexity index is 1250. The Hall–Kier alpha value is -4.05. The number of rotatable bonds is 9. The van der Waals surface area contributed by atoms with Gasteiger partial charge in [0.1, 0.15) is 18.1 Å². The molecule has 9 nitrogen and oxygen atoms in total. The zero-order valence-electron chi connectivity index (χ0n) is 20.9. The number of ether oxygens (including phenoxy) is 4. The van der Waals surface area contributed by atoms with Crippen LogP contribution < -0.4 is 24.3 Å². The molecule has 1 unspecified atom stereocenters. The fraction of sp³-hybridized carbons (Fsp3) is 0.296. The summed E-state index contributed by atoms with van der Waals surface area (Å²) in [5, 5.41) is 14.9. The van der Waals surface area contributed by atoms with E-state index in [1.165, 1.54) is 12.1 Å². The molecule has 1 atom stereocenters. The third-order valence-corrected chi connectivity index (χ3v) is 6.47. The molecule has 3 aromatic carbocycles. The Morgan fingerprint density at radius 2 is 1.65 bits per heavy atom. The summed E-state index contributed by atoms with van der Waals surface area (Å²) < 4.78 is 22.7. The summed E-state index contributed by atoms with van der Waals surface area (Å²) in [6.45, 7) is 3.48. The molecule has 0 radical (unpaired) electrons. The number of nitro benzene ring substituents is 1. The Morgan fingerprint density at radius 3 is 2.27 bits per heavy atom. The van der Waals surface area contributed by atoms with Gasteiger partial charge in [0.25, 0.3) is 5.69 Å². The van der Waals surface area contributed by atoms with Crippen molar-refractivity contribution in [2.24, 2.45) is 0 Å². The lowest BCUT2D eigenvalue weighted by Crippen LogP contribution is -2.44. The van der Waals surface area contributed by atoms with Gasteiger partial charge in [-0.15, -0.1) is 0 Å². The number of nitro groups is 1. The maximum atomic E-state index is 11.0. The van der Waals surface area contributed by atoms with Gasteiger partial charge in [-0.2, -0.15) is 0 Å². The molecule has 0 saturated carbocycles. The largest absolute Gasteiger partial charge is 0.494 e. The average Bonchev–Trinajstić information content (AvgIpc) is 2.92. The molecule has 1 heterocycles. The van der Waals surface area contributed by atoms with Gasteiger partial charge >= 0.3 is 0 Å². The summed E-state index contributed by atoms with van der Waals surface area (Å²) in [6.07, 6.45) is 0.759. The van der Waals surface area contributed by atoms with Crippen LogP contribution in [0.2, 0.25) is 0 Å². The van der Waals surface area contributed by atoms with E-state index in [9.17, 15) is 10.1 Å². The van der Waals surface area contributed by atoms with E-state index in [-0.39, 0.29) is 18.3 Å². The van der Waals surface area contributed by atoms with Crippen molar-refractivity contribution in [1.29, 1.82) is 0 Å². The molecule has 0 bridgehead atoms. The van der Waals surface area contributed by atoms with Crippen LogP contribution in [0.3, 0.4) is 0 Å². The minimum absolute atomic E-state index is 0.00885. The molecule has 4 rings (SSSR count). The predicted octanol–water partition coefficient (Wildman–Crippen LogP) is 5.39. The summed E-state index contributed by atoms with van der Waals surface area (Å²) in [4.78, 5) is 12.6. The van der Waals surface area contributed by atoms with Gasteiger partial charge in [-0.25, -0.2) is 0 Å². The van der Waals surface area contributed by atoms with Crippen molar-refractivity contribution in [3.05, 3.63) is 81.9 Å². The smallest absolute Gasteiger partial charge is 0.269 e. The Morgan fingerprint density at radius 1 is 1.03 bits per heavy atom. The fourth-order valence-electron chi connectivity index (χ4n) is 4.29. The van der Waals surface area contributed by atoms with Crippen molar-refractivity contribution in [3.8, 4) is 23.0 Å². The molecule has 194 valence electrons. The molecule has 0 aliphatic carbocycles. The predicted molar refractivity (Wildman–Crippen MR) is 145 cm³/mol. The number of thiocarbonyl (C=S) groups is 1. The van der Waals surface area contributed by atoms with Crippen molar-refractivity contribution < 1.29 is 23.9 Å². The number of benzene rings is 3. The molecule has 0 fully saturated rings. The van der Waals surface area contributed by atoms with Crippen LogP contribution in [0, 0.1) is 10.1 Å². The molecular formula is C27H29N3O6S. The molecule has 1 N–H and O–H groups in total. The number of methoxy groups -OCH3 is 2. The summed E-state index contributed by atoms with van der Waals surface area (Å²) >= 11 is 5.83. The van der Waals surface area contributed by atoms with Crippen LogP contribution in [-0.4, -0.2) is 48.9 Å². The van der Waals surface area contributed by atoms with E-state index >= 15 is 0 Å². The van der Waals surface area contributed by atoms with Gasteiger partial charge in [0, 0.05) is 24.4 Å². The normalized spacial score (nSPS) is 14.4. The number of hydrogen-bond donors (Lipinski definition) is 1. The minimum atomic E-state index is -0.437. The van der Waals surface area contributed by atoms with Crippen molar-refractivity contribution in [3.63, 3.8) is 0 Å².